The molecule has 0 atom stereocenters. The number of allylic oxidation sites excluding steroid dienone is 2. The van der Waals surface area contributed by atoms with E-state index < -0.39 is 0 Å². The van der Waals surface area contributed by atoms with Crippen molar-refractivity contribution in [2.75, 3.05) is 6.61 Å². The number of rotatable bonds is 0. The lowest BCUT2D eigenvalue weighted by Crippen LogP contribution is -2.05. The van der Waals surface area contributed by atoms with Gasteiger partial charge in [0.1, 0.15) is 0 Å². The van der Waals surface area contributed by atoms with Crippen LogP contribution >= 0.6 is 0 Å². The van der Waals surface area contributed by atoms with Gasteiger partial charge in [-0.2, -0.15) is 0 Å². The zero-order valence-electron chi connectivity index (χ0n) is 11.7. The van der Waals surface area contributed by atoms with Gasteiger partial charge in [-0.1, -0.05) is 44.3 Å². The first kappa shape index (κ1) is 15.3. The number of carbonyl (C=O) groups is 1. The Balaban J connectivity index is 2.17. The Bertz CT molecular complexity index is 233. The molecule has 104 valence electrons. The number of esters is 1. The van der Waals surface area contributed by atoms with Crippen LogP contribution in [0.3, 0.4) is 0 Å². The second-order valence-electron chi connectivity index (χ2n) is 5.20. The van der Waals surface area contributed by atoms with Crippen molar-refractivity contribution in [3.05, 3.63) is 12.2 Å². The van der Waals surface area contributed by atoms with Crippen LogP contribution in [0.25, 0.3) is 0 Å². The fraction of sp³-hybridized carbons (Fsp3) is 0.812. The maximum absolute atomic E-state index is 11.4. The van der Waals surface area contributed by atoms with E-state index in [2.05, 4.69) is 12.2 Å². The quantitative estimate of drug-likeness (QED) is 0.458. The van der Waals surface area contributed by atoms with E-state index in [1.807, 2.05) is 0 Å². The maximum Gasteiger partial charge on any atom is 0.305 e. The molecule has 0 unspecified atom stereocenters. The number of hydrogen-bond acceptors (Lipinski definition) is 2. The largest absolute Gasteiger partial charge is 0.466 e. The average molecular weight is 252 g/mol. The summed E-state index contributed by atoms with van der Waals surface area (Å²) in [4.78, 5) is 11.4. The molecule has 0 N–H and O–H groups in total. The molecule has 0 radical (unpaired) electrons. The van der Waals surface area contributed by atoms with Crippen LogP contribution in [-0.2, 0) is 9.53 Å². The Morgan fingerprint density at radius 3 is 2.00 bits per heavy atom. The molecular formula is C16H28O2. The first-order valence-corrected chi connectivity index (χ1v) is 7.70. The topological polar surface area (TPSA) is 26.3 Å². The molecule has 2 nitrogen and oxygen atoms in total. The van der Waals surface area contributed by atoms with Gasteiger partial charge in [0.25, 0.3) is 0 Å². The second kappa shape index (κ2) is 11.3. The molecule has 0 aromatic heterocycles. The molecule has 0 bridgehead atoms. The molecule has 0 aromatic carbocycles. The fourth-order valence-electron chi connectivity index (χ4n) is 2.27. The number of cyclic esters (lactones) is 1. The molecule has 1 aliphatic heterocycles. The van der Waals surface area contributed by atoms with Gasteiger partial charge in [-0.05, 0) is 38.5 Å². The van der Waals surface area contributed by atoms with Crippen LogP contribution in [-0.4, -0.2) is 12.6 Å². The van der Waals surface area contributed by atoms with Crippen molar-refractivity contribution in [3.8, 4) is 0 Å². The average Bonchev–Trinajstić information content (AvgIpc) is 2.37. The van der Waals surface area contributed by atoms with Gasteiger partial charge in [0.2, 0.25) is 0 Å². The lowest BCUT2D eigenvalue weighted by molar-refractivity contribution is -0.143. The minimum atomic E-state index is -0.0108. The monoisotopic (exact) mass is 252 g/mol. The Morgan fingerprint density at radius 1 is 0.722 bits per heavy atom. The number of ether oxygens (including phenoxy) is 1. The zero-order chi connectivity index (χ0) is 12.9. The molecule has 0 amide bonds. The molecule has 18 heavy (non-hydrogen) atoms. The molecule has 1 aliphatic rings. The van der Waals surface area contributed by atoms with Crippen molar-refractivity contribution >= 4 is 5.97 Å². The van der Waals surface area contributed by atoms with Gasteiger partial charge in [-0.3, -0.25) is 4.79 Å². The summed E-state index contributed by atoms with van der Waals surface area (Å²) in [5.41, 5.74) is 0. The van der Waals surface area contributed by atoms with E-state index in [1.165, 1.54) is 44.9 Å². The highest BCUT2D eigenvalue weighted by atomic mass is 16.5. The first-order chi connectivity index (χ1) is 8.89. The highest BCUT2D eigenvalue weighted by Gasteiger charge is 2.02. The second-order valence-corrected chi connectivity index (χ2v) is 5.20. The predicted molar refractivity (Wildman–Crippen MR) is 75.5 cm³/mol. The minimum Gasteiger partial charge on any atom is -0.466 e. The predicted octanol–water partition coefficient (Wildman–Crippen LogP) is 4.78. The van der Waals surface area contributed by atoms with E-state index in [0.717, 1.165) is 25.7 Å². The van der Waals surface area contributed by atoms with Gasteiger partial charge in [-0.25, -0.2) is 0 Å². The molecule has 2 heteroatoms. The first-order valence-electron chi connectivity index (χ1n) is 7.70. The van der Waals surface area contributed by atoms with Crippen molar-refractivity contribution in [1.29, 1.82) is 0 Å². The third kappa shape index (κ3) is 9.26. The van der Waals surface area contributed by atoms with E-state index in [1.54, 1.807) is 0 Å². The van der Waals surface area contributed by atoms with Gasteiger partial charge in [-0.15, -0.1) is 0 Å². The standard InChI is InChI=1S/C16H28O2/c17-16-14-12-10-8-6-4-2-1-3-5-7-9-11-13-15-18-16/h4,6H,1-3,5,7-15H2/b6-4+. The molecular weight excluding hydrogens is 224 g/mol. The van der Waals surface area contributed by atoms with E-state index >= 15 is 0 Å². The molecule has 0 aliphatic carbocycles. The summed E-state index contributed by atoms with van der Waals surface area (Å²) < 4.78 is 5.21. The van der Waals surface area contributed by atoms with Crippen LogP contribution in [0.5, 0.6) is 0 Å². The van der Waals surface area contributed by atoms with Crippen molar-refractivity contribution < 1.29 is 9.53 Å². The normalized spacial score (nSPS) is 23.9. The molecule has 0 saturated carbocycles. The third-order valence-corrected chi connectivity index (χ3v) is 3.45. The van der Waals surface area contributed by atoms with Crippen LogP contribution in [0.1, 0.15) is 77.0 Å². The number of hydrogen-bond donors (Lipinski definition) is 0. The molecule has 0 spiro atoms. The lowest BCUT2D eigenvalue weighted by atomic mass is 10.1. The van der Waals surface area contributed by atoms with Crippen LogP contribution in [0.15, 0.2) is 12.2 Å². The van der Waals surface area contributed by atoms with E-state index in [0.29, 0.717) is 13.0 Å². The maximum atomic E-state index is 11.4. The van der Waals surface area contributed by atoms with Crippen LogP contribution in [0.4, 0.5) is 0 Å². The Labute approximate surface area is 112 Å². The lowest BCUT2D eigenvalue weighted by Gasteiger charge is -2.04. The van der Waals surface area contributed by atoms with Gasteiger partial charge in [0.05, 0.1) is 6.61 Å². The number of carbonyl (C=O) groups excluding carboxylic acids is 1. The van der Waals surface area contributed by atoms with Crippen molar-refractivity contribution in [1.82, 2.24) is 0 Å². The van der Waals surface area contributed by atoms with Crippen molar-refractivity contribution in [3.63, 3.8) is 0 Å². The Morgan fingerprint density at radius 2 is 1.28 bits per heavy atom. The summed E-state index contributed by atoms with van der Waals surface area (Å²) in [5.74, 6) is -0.0108. The smallest absolute Gasteiger partial charge is 0.305 e. The van der Waals surface area contributed by atoms with Crippen LogP contribution in [0.2, 0.25) is 0 Å². The van der Waals surface area contributed by atoms with E-state index in [9.17, 15) is 4.79 Å². The van der Waals surface area contributed by atoms with Gasteiger partial charge in [0.15, 0.2) is 0 Å². The molecule has 0 saturated heterocycles. The van der Waals surface area contributed by atoms with Gasteiger partial charge in [0, 0.05) is 6.42 Å². The highest BCUT2D eigenvalue weighted by molar-refractivity contribution is 5.69. The summed E-state index contributed by atoms with van der Waals surface area (Å²) in [6, 6.07) is 0. The highest BCUT2D eigenvalue weighted by Crippen LogP contribution is 2.10. The van der Waals surface area contributed by atoms with Gasteiger partial charge < -0.3 is 4.74 Å². The van der Waals surface area contributed by atoms with Crippen molar-refractivity contribution in [2.45, 2.75) is 77.0 Å². The molecule has 1 heterocycles. The van der Waals surface area contributed by atoms with E-state index in [4.69, 9.17) is 4.74 Å². The zero-order valence-corrected chi connectivity index (χ0v) is 11.7. The molecule has 0 fully saturated rings. The van der Waals surface area contributed by atoms with Crippen LogP contribution in [0, 0.1) is 0 Å². The van der Waals surface area contributed by atoms with E-state index in [-0.39, 0.29) is 5.97 Å². The third-order valence-electron chi connectivity index (χ3n) is 3.45. The summed E-state index contributed by atoms with van der Waals surface area (Å²) in [6.45, 7) is 0.624. The van der Waals surface area contributed by atoms with Gasteiger partial charge >= 0.3 is 5.97 Å². The van der Waals surface area contributed by atoms with Crippen LogP contribution < -0.4 is 0 Å². The summed E-state index contributed by atoms with van der Waals surface area (Å²) in [6.07, 6.45) is 18.5. The fourth-order valence-corrected chi connectivity index (χ4v) is 2.27. The minimum absolute atomic E-state index is 0.0108. The summed E-state index contributed by atoms with van der Waals surface area (Å²) in [7, 11) is 0. The Kier molecular flexibility index (Phi) is 9.59. The Hall–Kier alpha value is -0.790. The SMILES string of the molecule is O=C1CCCC/C=C/CCCCCCCCCO1. The molecule has 1 rings (SSSR count). The molecule has 0 aromatic rings. The summed E-state index contributed by atoms with van der Waals surface area (Å²) in [5, 5.41) is 0. The summed E-state index contributed by atoms with van der Waals surface area (Å²) >= 11 is 0. The van der Waals surface area contributed by atoms with Crippen molar-refractivity contribution in [2.24, 2.45) is 0 Å².